The summed E-state index contributed by atoms with van der Waals surface area (Å²) >= 11 is 1.64. The van der Waals surface area contributed by atoms with E-state index in [0.717, 1.165) is 21.7 Å². The summed E-state index contributed by atoms with van der Waals surface area (Å²) in [5.74, 6) is -0.161. The quantitative estimate of drug-likeness (QED) is 0.892. The van der Waals surface area contributed by atoms with E-state index in [-0.39, 0.29) is 5.82 Å². The van der Waals surface area contributed by atoms with Crippen LogP contribution in [0, 0.1) is 5.82 Å². The first-order valence-electron chi connectivity index (χ1n) is 6.04. The summed E-state index contributed by atoms with van der Waals surface area (Å²) in [4.78, 5) is 1.16. The Morgan fingerprint density at radius 2 is 2.17 bits per heavy atom. The Morgan fingerprint density at radius 3 is 2.83 bits per heavy atom. The Hall–Kier alpha value is -0.970. The van der Waals surface area contributed by atoms with Gasteiger partial charge >= 0.3 is 0 Å². The largest absolute Gasteiger partial charge is 0.380 e. The predicted molar refractivity (Wildman–Crippen MR) is 74.5 cm³/mol. The summed E-state index contributed by atoms with van der Waals surface area (Å²) in [6.45, 7) is 5.42. The standard InChI is InChI=1S/C14H18FNOS/c1-9(2)16-7-13-10(8-17-3)14-11(15)5-4-6-12(14)18-13/h4-6,9,16H,7-8H2,1-3H3. The topological polar surface area (TPSA) is 21.3 Å². The van der Waals surface area contributed by atoms with Crippen molar-refractivity contribution in [3.8, 4) is 0 Å². The molecule has 0 aliphatic carbocycles. The third-order valence-electron chi connectivity index (χ3n) is 2.81. The number of hydrogen-bond donors (Lipinski definition) is 1. The number of methoxy groups -OCH3 is 1. The summed E-state index contributed by atoms with van der Waals surface area (Å²) in [7, 11) is 1.64. The third-order valence-corrected chi connectivity index (χ3v) is 4.00. The molecule has 2 rings (SSSR count). The highest BCUT2D eigenvalue weighted by Crippen LogP contribution is 2.33. The molecular formula is C14H18FNOS. The molecule has 0 fully saturated rings. The van der Waals surface area contributed by atoms with E-state index < -0.39 is 0 Å². The van der Waals surface area contributed by atoms with E-state index in [1.165, 1.54) is 6.07 Å². The van der Waals surface area contributed by atoms with Crippen molar-refractivity contribution in [1.29, 1.82) is 0 Å². The molecule has 0 spiro atoms. The van der Waals surface area contributed by atoms with Crippen molar-refractivity contribution in [2.24, 2.45) is 0 Å². The summed E-state index contributed by atoms with van der Waals surface area (Å²) in [6, 6.07) is 5.63. The minimum atomic E-state index is -0.161. The van der Waals surface area contributed by atoms with E-state index in [0.29, 0.717) is 18.0 Å². The normalized spacial score (nSPS) is 11.6. The Bertz CT molecular complexity index is 536. The lowest BCUT2D eigenvalue weighted by Gasteiger charge is -2.08. The Labute approximate surface area is 111 Å². The molecule has 1 heterocycles. The highest BCUT2D eigenvalue weighted by molar-refractivity contribution is 7.19. The second kappa shape index (κ2) is 5.78. The fraction of sp³-hybridized carbons (Fsp3) is 0.429. The molecule has 0 saturated carbocycles. The molecule has 0 saturated heterocycles. The van der Waals surface area contributed by atoms with Gasteiger partial charge in [-0.1, -0.05) is 19.9 Å². The average molecular weight is 267 g/mol. The van der Waals surface area contributed by atoms with Crippen LogP contribution in [0.4, 0.5) is 4.39 Å². The van der Waals surface area contributed by atoms with Crippen molar-refractivity contribution >= 4 is 21.4 Å². The molecule has 1 N–H and O–H groups in total. The van der Waals surface area contributed by atoms with Gasteiger partial charge < -0.3 is 10.1 Å². The molecule has 0 atom stereocenters. The highest BCUT2D eigenvalue weighted by atomic mass is 32.1. The van der Waals surface area contributed by atoms with Gasteiger partial charge in [0.1, 0.15) is 5.82 Å². The zero-order valence-electron chi connectivity index (χ0n) is 10.9. The first kappa shape index (κ1) is 13.5. The second-order valence-electron chi connectivity index (χ2n) is 4.59. The van der Waals surface area contributed by atoms with E-state index in [4.69, 9.17) is 4.74 Å². The molecule has 4 heteroatoms. The number of hydrogen-bond acceptors (Lipinski definition) is 3. The minimum absolute atomic E-state index is 0.161. The van der Waals surface area contributed by atoms with E-state index in [1.807, 2.05) is 6.07 Å². The van der Waals surface area contributed by atoms with Crippen LogP contribution in [0.3, 0.4) is 0 Å². The molecule has 0 bridgehead atoms. The zero-order valence-corrected chi connectivity index (χ0v) is 11.7. The van der Waals surface area contributed by atoms with Gasteiger partial charge in [0.2, 0.25) is 0 Å². The van der Waals surface area contributed by atoms with Crippen LogP contribution in [0.15, 0.2) is 18.2 Å². The van der Waals surface area contributed by atoms with Crippen LogP contribution in [0.2, 0.25) is 0 Å². The fourth-order valence-corrected chi connectivity index (χ4v) is 3.13. The first-order chi connectivity index (χ1) is 8.63. The molecule has 0 unspecified atom stereocenters. The summed E-state index contributed by atoms with van der Waals surface area (Å²) in [5.41, 5.74) is 0.976. The number of halogens is 1. The van der Waals surface area contributed by atoms with Gasteiger partial charge in [0, 0.05) is 40.2 Å². The molecule has 1 aromatic heterocycles. The molecule has 0 aliphatic rings. The summed E-state index contributed by atoms with van der Waals surface area (Å²) in [6.07, 6.45) is 0. The Balaban J connectivity index is 2.44. The van der Waals surface area contributed by atoms with Gasteiger partial charge in [0.25, 0.3) is 0 Å². The van der Waals surface area contributed by atoms with Crippen molar-refractivity contribution in [3.05, 3.63) is 34.5 Å². The number of ether oxygens (including phenoxy) is 1. The SMILES string of the molecule is COCc1c(CNC(C)C)sc2cccc(F)c12. The monoisotopic (exact) mass is 267 g/mol. The van der Waals surface area contributed by atoms with Gasteiger partial charge in [0.05, 0.1) is 6.61 Å². The number of benzene rings is 1. The maximum atomic E-state index is 13.9. The van der Waals surface area contributed by atoms with Crippen molar-refractivity contribution in [1.82, 2.24) is 5.32 Å². The molecular weight excluding hydrogens is 249 g/mol. The molecule has 18 heavy (non-hydrogen) atoms. The second-order valence-corrected chi connectivity index (χ2v) is 5.72. The van der Waals surface area contributed by atoms with Gasteiger partial charge in [-0.05, 0) is 12.1 Å². The number of fused-ring (bicyclic) bond motifs is 1. The smallest absolute Gasteiger partial charge is 0.132 e. The Kier molecular flexibility index (Phi) is 4.32. The van der Waals surface area contributed by atoms with Crippen LogP contribution in [0.25, 0.3) is 10.1 Å². The minimum Gasteiger partial charge on any atom is -0.380 e. The maximum absolute atomic E-state index is 13.9. The van der Waals surface area contributed by atoms with Gasteiger partial charge in [-0.2, -0.15) is 0 Å². The van der Waals surface area contributed by atoms with Crippen molar-refractivity contribution in [2.45, 2.75) is 33.0 Å². The average Bonchev–Trinajstić information content (AvgIpc) is 2.67. The fourth-order valence-electron chi connectivity index (χ4n) is 1.95. The molecule has 2 nitrogen and oxygen atoms in total. The lowest BCUT2D eigenvalue weighted by molar-refractivity contribution is 0.185. The van der Waals surface area contributed by atoms with Crippen LogP contribution in [-0.2, 0) is 17.9 Å². The lowest BCUT2D eigenvalue weighted by Crippen LogP contribution is -2.21. The van der Waals surface area contributed by atoms with Crippen LogP contribution in [0.1, 0.15) is 24.3 Å². The summed E-state index contributed by atoms with van der Waals surface area (Å²) < 4.78 is 20.1. The van der Waals surface area contributed by atoms with E-state index >= 15 is 0 Å². The van der Waals surface area contributed by atoms with Crippen LogP contribution < -0.4 is 5.32 Å². The summed E-state index contributed by atoms with van der Waals surface area (Å²) in [5, 5.41) is 4.09. The van der Waals surface area contributed by atoms with Gasteiger partial charge in [-0.3, -0.25) is 0 Å². The number of rotatable bonds is 5. The van der Waals surface area contributed by atoms with Crippen LogP contribution in [0.5, 0.6) is 0 Å². The van der Waals surface area contributed by atoms with E-state index in [9.17, 15) is 4.39 Å². The lowest BCUT2D eigenvalue weighted by atomic mass is 10.1. The van der Waals surface area contributed by atoms with Crippen molar-refractivity contribution in [2.75, 3.05) is 7.11 Å². The highest BCUT2D eigenvalue weighted by Gasteiger charge is 2.15. The first-order valence-corrected chi connectivity index (χ1v) is 6.86. The molecule has 1 aromatic carbocycles. The maximum Gasteiger partial charge on any atom is 0.132 e. The van der Waals surface area contributed by atoms with Crippen molar-refractivity contribution in [3.63, 3.8) is 0 Å². The van der Waals surface area contributed by atoms with Crippen molar-refractivity contribution < 1.29 is 9.13 Å². The van der Waals surface area contributed by atoms with E-state index in [1.54, 1.807) is 24.5 Å². The molecule has 0 radical (unpaired) electrons. The molecule has 2 aromatic rings. The third kappa shape index (κ3) is 2.71. The van der Waals surface area contributed by atoms with Gasteiger partial charge in [-0.15, -0.1) is 11.3 Å². The van der Waals surface area contributed by atoms with Gasteiger partial charge in [0.15, 0.2) is 0 Å². The van der Waals surface area contributed by atoms with Crippen LogP contribution >= 0.6 is 11.3 Å². The van der Waals surface area contributed by atoms with E-state index in [2.05, 4.69) is 19.2 Å². The predicted octanol–water partition coefficient (Wildman–Crippen LogP) is 3.68. The van der Waals surface area contributed by atoms with Gasteiger partial charge in [-0.25, -0.2) is 4.39 Å². The molecule has 0 amide bonds. The zero-order chi connectivity index (χ0) is 13.1. The number of nitrogens with one attached hydrogen (secondary N) is 1. The Morgan fingerprint density at radius 1 is 1.39 bits per heavy atom. The van der Waals surface area contributed by atoms with Crippen LogP contribution in [-0.4, -0.2) is 13.2 Å². The molecule has 0 aliphatic heterocycles. The number of thiophene rings is 1. The molecule has 98 valence electrons.